The second-order valence-electron chi connectivity index (χ2n) is 3.44. The van der Waals surface area contributed by atoms with Gasteiger partial charge in [0.2, 0.25) is 0 Å². The van der Waals surface area contributed by atoms with Gasteiger partial charge in [0.1, 0.15) is 0 Å². The minimum absolute atomic E-state index is 0.147. The van der Waals surface area contributed by atoms with Crippen LogP contribution in [-0.2, 0) is 11.2 Å². The van der Waals surface area contributed by atoms with Gasteiger partial charge in [-0.3, -0.25) is 4.79 Å². The molecule has 18 heavy (non-hydrogen) atoms. The number of carboxylic acid groups (broad SMARTS) is 1. The van der Waals surface area contributed by atoms with Crippen molar-refractivity contribution in [2.75, 3.05) is 0 Å². The van der Waals surface area contributed by atoms with E-state index in [-0.39, 0.29) is 6.42 Å². The summed E-state index contributed by atoms with van der Waals surface area (Å²) in [6.45, 7) is 0. The van der Waals surface area contributed by atoms with E-state index in [1.165, 1.54) is 4.68 Å². The number of nitrogens with zero attached hydrogens (tertiary/aromatic N) is 3. The Morgan fingerprint density at radius 2 is 1.89 bits per heavy atom. The maximum atomic E-state index is 10.6. The fraction of sp³-hybridized carbons (Fsp3) is 0.100. The van der Waals surface area contributed by atoms with Gasteiger partial charge in [-0.05, 0) is 44.0 Å². The van der Waals surface area contributed by atoms with Crippen molar-refractivity contribution in [3.05, 3.63) is 37.4 Å². The SMILES string of the molecule is O=C(O)Cc1cn(-c2c(Br)cc(Br)cc2Br)nn1. The molecule has 0 saturated heterocycles. The topological polar surface area (TPSA) is 68.0 Å². The zero-order valence-electron chi connectivity index (χ0n) is 8.77. The summed E-state index contributed by atoms with van der Waals surface area (Å²) in [5.74, 6) is -0.934. The summed E-state index contributed by atoms with van der Waals surface area (Å²) < 4.78 is 4.07. The number of aliphatic carboxylic acids is 1. The average Bonchev–Trinajstić information content (AvgIpc) is 2.63. The predicted octanol–water partition coefficient (Wildman–Crippen LogP) is 3.18. The fourth-order valence-corrected chi connectivity index (χ4v) is 4.02. The third-order valence-corrected chi connectivity index (χ3v) is 3.75. The molecule has 1 N–H and O–H groups in total. The number of benzene rings is 1. The maximum absolute atomic E-state index is 10.6. The molecular weight excluding hydrogens is 434 g/mol. The molecule has 0 saturated carbocycles. The lowest BCUT2D eigenvalue weighted by Gasteiger charge is -2.07. The molecule has 8 heteroatoms. The van der Waals surface area contributed by atoms with Crippen LogP contribution >= 0.6 is 47.8 Å². The molecule has 0 aliphatic carbocycles. The van der Waals surface area contributed by atoms with Crippen molar-refractivity contribution in [3.8, 4) is 5.69 Å². The Balaban J connectivity index is 2.43. The lowest BCUT2D eigenvalue weighted by atomic mass is 10.3. The summed E-state index contributed by atoms with van der Waals surface area (Å²) in [5.41, 5.74) is 1.17. The van der Waals surface area contributed by atoms with Gasteiger partial charge in [-0.15, -0.1) is 5.10 Å². The van der Waals surface area contributed by atoms with Gasteiger partial charge >= 0.3 is 5.97 Å². The minimum atomic E-state index is -0.934. The number of hydrogen-bond donors (Lipinski definition) is 1. The van der Waals surface area contributed by atoms with Crippen molar-refractivity contribution in [2.45, 2.75) is 6.42 Å². The van der Waals surface area contributed by atoms with Gasteiger partial charge in [-0.1, -0.05) is 21.1 Å². The van der Waals surface area contributed by atoms with Crippen LogP contribution in [0.15, 0.2) is 31.7 Å². The number of carboxylic acids is 1. The standard InChI is InChI=1S/C10H6Br3N3O2/c11-5-1-7(12)10(8(13)2-5)16-4-6(14-15-16)3-9(17)18/h1-2,4H,3H2,(H,17,18). The molecule has 0 spiro atoms. The molecule has 0 aliphatic heterocycles. The van der Waals surface area contributed by atoms with Crippen molar-refractivity contribution < 1.29 is 9.90 Å². The molecule has 1 heterocycles. The summed E-state index contributed by atoms with van der Waals surface area (Å²) in [6.07, 6.45) is 1.44. The van der Waals surface area contributed by atoms with Crippen LogP contribution in [0, 0.1) is 0 Å². The summed E-state index contributed by atoms with van der Waals surface area (Å²) in [6, 6.07) is 3.75. The zero-order chi connectivity index (χ0) is 13.3. The van der Waals surface area contributed by atoms with Gasteiger partial charge < -0.3 is 5.11 Å². The normalized spacial score (nSPS) is 10.6. The summed E-state index contributed by atoms with van der Waals surface area (Å²) in [5, 5.41) is 16.4. The molecule has 5 nitrogen and oxygen atoms in total. The monoisotopic (exact) mass is 437 g/mol. The molecule has 2 aromatic rings. The van der Waals surface area contributed by atoms with Crippen LogP contribution in [0.2, 0.25) is 0 Å². The van der Waals surface area contributed by atoms with Crippen molar-refractivity contribution in [3.63, 3.8) is 0 Å². The van der Waals surface area contributed by atoms with Gasteiger partial charge in [0.15, 0.2) is 0 Å². The molecule has 0 amide bonds. The molecule has 1 aromatic carbocycles. The largest absolute Gasteiger partial charge is 0.481 e. The first-order valence-corrected chi connectivity index (χ1v) is 7.13. The summed E-state index contributed by atoms with van der Waals surface area (Å²) >= 11 is 10.2. The zero-order valence-corrected chi connectivity index (χ0v) is 13.5. The third kappa shape index (κ3) is 2.99. The first-order chi connectivity index (χ1) is 8.47. The molecular formula is C10H6Br3N3O2. The van der Waals surface area contributed by atoms with Crippen LogP contribution in [0.4, 0.5) is 0 Å². The van der Waals surface area contributed by atoms with Gasteiger partial charge in [0.25, 0.3) is 0 Å². The number of hydrogen-bond acceptors (Lipinski definition) is 3. The second-order valence-corrected chi connectivity index (χ2v) is 6.07. The van der Waals surface area contributed by atoms with E-state index >= 15 is 0 Å². The minimum Gasteiger partial charge on any atom is -0.481 e. The van der Waals surface area contributed by atoms with Crippen LogP contribution in [0.3, 0.4) is 0 Å². The highest BCUT2D eigenvalue weighted by atomic mass is 79.9. The molecule has 0 atom stereocenters. The van der Waals surface area contributed by atoms with E-state index in [1.54, 1.807) is 6.20 Å². The summed E-state index contributed by atoms with van der Waals surface area (Å²) in [4.78, 5) is 10.6. The van der Waals surface area contributed by atoms with Crippen LogP contribution < -0.4 is 0 Å². The fourth-order valence-electron chi connectivity index (χ4n) is 1.40. The Hall–Kier alpha value is -0.730. The van der Waals surface area contributed by atoms with Gasteiger partial charge in [-0.25, -0.2) is 4.68 Å². The molecule has 0 bridgehead atoms. The van der Waals surface area contributed by atoms with Crippen LogP contribution in [-0.4, -0.2) is 26.1 Å². The first-order valence-electron chi connectivity index (χ1n) is 4.75. The van der Waals surface area contributed by atoms with Crippen LogP contribution in [0.1, 0.15) is 5.69 Å². The Kier molecular flexibility index (Phi) is 4.18. The number of halogens is 3. The smallest absolute Gasteiger partial charge is 0.309 e. The van der Waals surface area contributed by atoms with E-state index < -0.39 is 5.97 Å². The lowest BCUT2D eigenvalue weighted by Crippen LogP contribution is -2.00. The van der Waals surface area contributed by atoms with E-state index in [0.717, 1.165) is 19.1 Å². The highest BCUT2D eigenvalue weighted by Gasteiger charge is 2.12. The predicted molar refractivity (Wildman–Crippen MR) is 75.8 cm³/mol. The van der Waals surface area contributed by atoms with Gasteiger partial charge in [-0.2, -0.15) is 0 Å². The van der Waals surface area contributed by atoms with E-state index in [2.05, 4.69) is 58.1 Å². The Bertz CT molecular complexity index is 589. The Morgan fingerprint density at radius 1 is 1.28 bits per heavy atom. The van der Waals surface area contributed by atoms with Crippen molar-refractivity contribution in [1.82, 2.24) is 15.0 Å². The number of rotatable bonds is 3. The first kappa shape index (κ1) is 13.7. The third-order valence-electron chi connectivity index (χ3n) is 2.08. The number of aromatic nitrogens is 3. The van der Waals surface area contributed by atoms with Crippen molar-refractivity contribution in [2.24, 2.45) is 0 Å². The van der Waals surface area contributed by atoms with Crippen LogP contribution in [0.25, 0.3) is 5.69 Å². The quantitative estimate of drug-likeness (QED) is 0.797. The average molecular weight is 440 g/mol. The Morgan fingerprint density at radius 3 is 2.44 bits per heavy atom. The molecule has 0 aliphatic rings. The molecule has 1 aromatic heterocycles. The molecule has 0 radical (unpaired) electrons. The summed E-state index contributed by atoms with van der Waals surface area (Å²) in [7, 11) is 0. The number of carbonyl (C=O) groups is 1. The molecule has 0 unspecified atom stereocenters. The van der Waals surface area contributed by atoms with E-state index in [0.29, 0.717) is 5.69 Å². The van der Waals surface area contributed by atoms with Gasteiger partial charge in [0.05, 0.1) is 24.0 Å². The molecule has 2 rings (SSSR count). The van der Waals surface area contributed by atoms with Crippen molar-refractivity contribution >= 4 is 53.8 Å². The molecule has 0 fully saturated rings. The van der Waals surface area contributed by atoms with E-state index in [1.807, 2.05) is 12.1 Å². The Labute approximate surface area is 128 Å². The molecule has 94 valence electrons. The lowest BCUT2D eigenvalue weighted by molar-refractivity contribution is -0.136. The van der Waals surface area contributed by atoms with E-state index in [9.17, 15) is 4.79 Å². The maximum Gasteiger partial charge on any atom is 0.309 e. The highest BCUT2D eigenvalue weighted by Crippen LogP contribution is 2.32. The van der Waals surface area contributed by atoms with Crippen LogP contribution in [0.5, 0.6) is 0 Å². The highest BCUT2D eigenvalue weighted by molar-refractivity contribution is 9.11. The van der Waals surface area contributed by atoms with E-state index in [4.69, 9.17) is 5.11 Å². The van der Waals surface area contributed by atoms with Gasteiger partial charge in [0, 0.05) is 13.4 Å². The second kappa shape index (κ2) is 5.50. The van der Waals surface area contributed by atoms with Crippen molar-refractivity contribution in [1.29, 1.82) is 0 Å².